The molecule has 1 unspecified atom stereocenters. The lowest BCUT2D eigenvalue weighted by atomic mass is 10.0. The van der Waals surface area contributed by atoms with Crippen LogP contribution in [0.15, 0.2) is 79.5 Å². The molecule has 0 saturated carbocycles. The van der Waals surface area contributed by atoms with Crippen molar-refractivity contribution in [1.29, 1.82) is 0 Å². The molecule has 0 saturated heterocycles. The summed E-state index contributed by atoms with van der Waals surface area (Å²) in [4.78, 5) is 27.2. The zero-order valence-corrected chi connectivity index (χ0v) is 25.7. The van der Waals surface area contributed by atoms with Crippen molar-refractivity contribution < 1.29 is 41.0 Å². The Morgan fingerprint density at radius 2 is 1.48 bits per heavy atom. The summed E-state index contributed by atoms with van der Waals surface area (Å²) in [6, 6.07) is 11.3. The SMILES string of the molecule is Cc1cnc(-c2ccc(C(F)(F)F)nc2)n1[C@H](c1ccccc1OCCCC(C)CC(=O)O)n1ccnc1-c1ccc(C(F)(F)F)nc1. The van der Waals surface area contributed by atoms with Crippen molar-refractivity contribution in [3.05, 3.63) is 102 Å². The maximum atomic E-state index is 13.3. The van der Waals surface area contributed by atoms with Gasteiger partial charge in [-0.25, -0.2) is 9.97 Å². The van der Waals surface area contributed by atoms with E-state index in [1.807, 2.05) is 6.92 Å². The van der Waals surface area contributed by atoms with Gasteiger partial charge in [0.25, 0.3) is 0 Å². The van der Waals surface area contributed by atoms with Crippen LogP contribution in [0.25, 0.3) is 22.8 Å². The quantitative estimate of drug-likeness (QED) is 0.106. The Bertz CT molecular complexity index is 1850. The predicted octanol–water partition coefficient (Wildman–Crippen LogP) is 7.91. The number of carboxylic acids is 1. The number of carbonyl (C=O) groups is 1. The third-order valence-corrected chi connectivity index (χ3v) is 7.60. The van der Waals surface area contributed by atoms with E-state index >= 15 is 0 Å². The fourth-order valence-electron chi connectivity index (χ4n) is 5.34. The fraction of sp³-hybridized carbons (Fsp3) is 0.303. The van der Waals surface area contributed by atoms with Crippen molar-refractivity contribution in [3.8, 4) is 28.5 Å². The van der Waals surface area contributed by atoms with Crippen LogP contribution in [0.1, 0.15) is 55.0 Å². The third kappa shape index (κ3) is 7.66. The number of aliphatic carboxylic acids is 1. The van der Waals surface area contributed by atoms with Gasteiger partial charge in [-0.3, -0.25) is 14.8 Å². The molecule has 2 atom stereocenters. The number of para-hydroxylation sites is 1. The van der Waals surface area contributed by atoms with E-state index in [9.17, 15) is 31.1 Å². The Balaban J connectivity index is 1.61. The van der Waals surface area contributed by atoms with Crippen molar-refractivity contribution in [3.63, 3.8) is 0 Å². The largest absolute Gasteiger partial charge is 0.493 e. The number of carboxylic acid groups (broad SMARTS) is 1. The van der Waals surface area contributed by atoms with Crippen LogP contribution in [0.4, 0.5) is 26.3 Å². The second kappa shape index (κ2) is 13.9. The molecule has 4 aromatic heterocycles. The maximum absolute atomic E-state index is 13.3. The van der Waals surface area contributed by atoms with Gasteiger partial charge in [-0.1, -0.05) is 25.1 Å². The summed E-state index contributed by atoms with van der Waals surface area (Å²) in [5.74, 6) is 0.0201. The van der Waals surface area contributed by atoms with Crippen LogP contribution in [0, 0.1) is 12.8 Å². The smallest absolute Gasteiger partial charge is 0.433 e. The number of aryl methyl sites for hydroxylation is 1. The van der Waals surface area contributed by atoms with Gasteiger partial charge in [-0.2, -0.15) is 26.3 Å². The third-order valence-electron chi connectivity index (χ3n) is 7.60. The summed E-state index contributed by atoms with van der Waals surface area (Å²) in [7, 11) is 0. The van der Waals surface area contributed by atoms with Crippen molar-refractivity contribution in [2.24, 2.45) is 5.92 Å². The number of nitrogens with zero attached hydrogens (tertiary/aromatic N) is 6. The summed E-state index contributed by atoms with van der Waals surface area (Å²) in [5, 5.41) is 9.07. The van der Waals surface area contributed by atoms with Crippen LogP contribution in [-0.4, -0.2) is 46.8 Å². The van der Waals surface area contributed by atoms with Gasteiger partial charge in [0.2, 0.25) is 0 Å². The first kappa shape index (κ1) is 34.1. The van der Waals surface area contributed by atoms with Crippen LogP contribution in [0.2, 0.25) is 0 Å². The number of hydrogen-bond acceptors (Lipinski definition) is 6. The molecule has 0 amide bonds. The average Bonchev–Trinajstić information content (AvgIpc) is 3.66. The van der Waals surface area contributed by atoms with E-state index in [1.54, 1.807) is 52.7 Å². The Hall–Kier alpha value is -5.21. The lowest BCUT2D eigenvalue weighted by Gasteiger charge is -2.28. The van der Waals surface area contributed by atoms with E-state index in [1.165, 1.54) is 18.3 Å². The maximum Gasteiger partial charge on any atom is 0.433 e. The standard InChI is InChI=1S/C33H30F6N6O3/c1-20(16-28(46)47)6-5-15-48-25-8-4-3-7-24(25)31(44-14-13-40-29(44)22-9-11-26(41-18-22)32(34,35)36)45-21(2)17-43-30(45)23-10-12-27(42-19-23)33(37,38)39/h3-4,7-14,17-20,31H,5-6,15-16H2,1-2H3,(H,46,47)/t20?,31-/m1/s1. The van der Waals surface area contributed by atoms with Gasteiger partial charge in [0, 0.05) is 59.8 Å². The molecule has 4 heterocycles. The van der Waals surface area contributed by atoms with E-state index in [-0.39, 0.29) is 41.7 Å². The number of rotatable bonds is 12. The van der Waals surface area contributed by atoms with Gasteiger partial charge in [0.1, 0.15) is 35.0 Å². The molecule has 0 aliphatic heterocycles. The average molecular weight is 673 g/mol. The van der Waals surface area contributed by atoms with Crippen LogP contribution in [0.5, 0.6) is 5.75 Å². The Morgan fingerprint density at radius 3 is 2.06 bits per heavy atom. The van der Waals surface area contributed by atoms with Crippen LogP contribution in [0.3, 0.4) is 0 Å². The zero-order valence-electron chi connectivity index (χ0n) is 25.7. The highest BCUT2D eigenvalue weighted by molar-refractivity contribution is 5.66. The van der Waals surface area contributed by atoms with Gasteiger partial charge < -0.3 is 19.0 Å². The molecule has 252 valence electrons. The minimum atomic E-state index is -4.64. The van der Waals surface area contributed by atoms with Crippen LogP contribution in [-0.2, 0) is 17.1 Å². The molecule has 5 aromatic rings. The number of hydrogen-bond donors (Lipinski definition) is 1. The molecule has 9 nitrogen and oxygen atoms in total. The van der Waals surface area contributed by atoms with E-state index in [4.69, 9.17) is 9.84 Å². The Labute approximate surface area is 270 Å². The van der Waals surface area contributed by atoms with Gasteiger partial charge >= 0.3 is 18.3 Å². The Morgan fingerprint density at radius 1 is 0.854 bits per heavy atom. The van der Waals surface area contributed by atoms with Crippen molar-refractivity contribution in [1.82, 2.24) is 29.1 Å². The second-order valence-corrected chi connectivity index (χ2v) is 11.2. The summed E-state index contributed by atoms with van der Waals surface area (Å²) in [5.41, 5.74) is -0.403. The first-order valence-corrected chi connectivity index (χ1v) is 14.8. The highest BCUT2D eigenvalue weighted by Gasteiger charge is 2.34. The molecular weight excluding hydrogens is 642 g/mol. The molecule has 0 aliphatic carbocycles. The summed E-state index contributed by atoms with van der Waals surface area (Å²) in [6.45, 7) is 3.85. The monoisotopic (exact) mass is 672 g/mol. The molecule has 1 aromatic carbocycles. The normalized spacial score (nSPS) is 13.3. The minimum absolute atomic E-state index is 0.0301. The predicted molar refractivity (Wildman–Crippen MR) is 162 cm³/mol. The minimum Gasteiger partial charge on any atom is -0.493 e. The first-order valence-electron chi connectivity index (χ1n) is 14.8. The van der Waals surface area contributed by atoms with Gasteiger partial charge in [-0.15, -0.1) is 0 Å². The number of benzene rings is 1. The van der Waals surface area contributed by atoms with Gasteiger partial charge in [0.05, 0.1) is 6.61 Å². The fourth-order valence-corrected chi connectivity index (χ4v) is 5.34. The van der Waals surface area contributed by atoms with Crippen molar-refractivity contribution in [2.45, 2.75) is 51.6 Å². The van der Waals surface area contributed by atoms with E-state index in [0.717, 1.165) is 24.5 Å². The molecule has 0 bridgehead atoms. The highest BCUT2D eigenvalue weighted by atomic mass is 19.4. The lowest BCUT2D eigenvalue weighted by Crippen LogP contribution is -2.23. The van der Waals surface area contributed by atoms with E-state index < -0.39 is 35.9 Å². The van der Waals surface area contributed by atoms with Crippen molar-refractivity contribution >= 4 is 5.97 Å². The molecule has 5 rings (SSSR count). The van der Waals surface area contributed by atoms with Gasteiger partial charge in [-0.05, 0) is 56.0 Å². The molecule has 15 heteroatoms. The topological polar surface area (TPSA) is 108 Å². The summed E-state index contributed by atoms with van der Waals surface area (Å²) in [6.07, 6.45) is -2.16. The number of aromatic nitrogens is 6. The molecule has 48 heavy (non-hydrogen) atoms. The highest BCUT2D eigenvalue weighted by Crippen LogP contribution is 2.38. The summed E-state index contributed by atoms with van der Waals surface area (Å²) < 4.78 is 89.4. The number of ether oxygens (including phenoxy) is 1. The molecule has 0 aliphatic rings. The lowest BCUT2D eigenvalue weighted by molar-refractivity contribution is -0.141. The van der Waals surface area contributed by atoms with E-state index in [0.29, 0.717) is 29.8 Å². The van der Waals surface area contributed by atoms with Gasteiger partial charge in [0.15, 0.2) is 0 Å². The number of alkyl halides is 6. The summed E-state index contributed by atoms with van der Waals surface area (Å²) >= 11 is 0. The molecular formula is C33H30F6N6O3. The second-order valence-electron chi connectivity index (χ2n) is 11.2. The molecule has 1 N–H and O–H groups in total. The zero-order chi connectivity index (χ0) is 34.6. The number of imidazole rings is 2. The Kier molecular flexibility index (Phi) is 9.87. The van der Waals surface area contributed by atoms with Crippen LogP contribution < -0.4 is 4.74 Å². The number of pyridine rings is 2. The van der Waals surface area contributed by atoms with Crippen molar-refractivity contribution in [2.75, 3.05) is 6.61 Å². The molecule has 0 radical (unpaired) electrons. The first-order chi connectivity index (χ1) is 22.7. The number of halogens is 6. The van der Waals surface area contributed by atoms with Crippen LogP contribution >= 0.6 is 0 Å². The molecule has 0 fully saturated rings. The van der Waals surface area contributed by atoms with E-state index in [2.05, 4.69) is 19.9 Å². The molecule has 0 spiro atoms.